The van der Waals surface area contributed by atoms with E-state index in [-0.39, 0.29) is 16.9 Å². The van der Waals surface area contributed by atoms with Gasteiger partial charge < -0.3 is 19.6 Å². The SMILES string of the molecule is COc1ccc(Cl)cc1N=c1oc2cc(O)ccc2cc1C(=O)Nc1ccc(C)cn1. The number of aromatic nitrogens is 1. The predicted octanol–water partition coefficient (Wildman–Crippen LogP) is 4.99. The zero-order chi connectivity index (χ0) is 22.0. The largest absolute Gasteiger partial charge is 0.508 e. The van der Waals surface area contributed by atoms with E-state index in [9.17, 15) is 9.90 Å². The van der Waals surface area contributed by atoms with Crippen LogP contribution in [0.25, 0.3) is 11.0 Å². The molecule has 1 amide bonds. The van der Waals surface area contributed by atoms with Gasteiger partial charge in [0.1, 0.15) is 34.2 Å². The van der Waals surface area contributed by atoms with Crippen LogP contribution in [-0.2, 0) is 0 Å². The lowest BCUT2D eigenvalue weighted by Crippen LogP contribution is -2.22. The molecule has 156 valence electrons. The standard InChI is InChI=1S/C23H18ClN3O4/c1-13-3-8-21(25-12-13)27-22(29)17-9-14-4-6-16(28)11-20(14)31-23(17)26-18-10-15(24)5-7-19(18)30-2/h3-12,28H,1-2H3,(H,25,27,29). The lowest BCUT2D eigenvalue weighted by molar-refractivity contribution is 0.102. The number of halogens is 1. The lowest BCUT2D eigenvalue weighted by Gasteiger charge is -2.08. The van der Waals surface area contributed by atoms with Crippen LogP contribution in [0, 0.1) is 6.92 Å². The molecule has 4 aromatic rings. The Hall–Kier alpha value is -3.84. The van der Waals surface area contributed by atoms with E-state index in [1.807, 2.05) is 13.0 Å². The number of carbonyl (C=O) groups excluding carboxylic acids is 1. The molecule has 4 rings (SSSR count). The van der Waals surface area contributed by atoms with Crippen molar-refractivity contribution in [3.05, 3.63) is 82.5 Å². The first-order valence-electron chi connectivity index (χ1n) is 9.32. The summed E-state index contributed by atoms with van der Waals surface area (Å²) in [5.74, 6) is 0.438. The van der Waals surface area contributed by atoms with Crippen LogP contribution in [0.3, 0.4) is 0 Å². The Bertz CT molecular complexity index is 1350. The van der Waals surface area contributed by atoms with Gasteiger partial charge in [0.15, 0.2) is 0 Å². The number of anilines is 1. The Morgan fingerprint density at radius 3 is 2.74 bits per heavy atom. The number of benzene rings is 2. The molecule has 2 aromatic heterocycles. The highest BCUT2D eigenvalue weighted by molar-refractivity contribution is 6.30. The number of amides is 1. The van der Waals surface area contributed by atoms with E-state index in [1.165, 1.54) is 19.2 Å². The number of hydrogen-bond donors (Lipinski definition) is 2. The first-order valence-corrected chi connectivity index (χ1v) is 9.70. The lowest BCUT2D eigenvalue weighted by atomic mass is 10.1. The molecular formula is C23H18ClN3O4. The van der Waals surface area contributed by atoms with Crippen LogP contribution in [0.1, 0.15) is 15.9 Å². The first kappa shape index (κ1) is 20.4. The highest BCUT2D eigenvalue weighted by Crippen LogP contribution is 2.30. The van der Waals surface area contributed by atoms with Gasteiger partial charge in [0, 0.05) is 22.7 Å². The quantitative estimate of drug-likeness (QED) is 0.470. The van der Waals surface area contributed by atoms with Crippen LogP contribution in [0.15, 0.2) is 70.2 Å². The van der Waals surface area contributed by atoms with Gasteiger partial charge >= 0.3 is 0 Å². The van der Waals surface area contributed by atoms with Crippen LogP contribution in [0.2, 0.25) is 5.02 Å². The van der Waals surface area contributed by atoms with Crippen LogP contribution < -0.4 is 15.6 Å². The summed E-state index contributed by atoms with van der Waals surface area (Å²) in [6, 6.07) is 14.8. The molecule has 8 heteroatoms. The second kappa shape index (κ2) is 8.49. The second-order valence-corrected chi connectivity index (χ2v) is 7.23. The fourth-order valence-electron chi connectivity index (χ4n) is 2.94. The van der Waals surface area contributed by atoms with E-state index in [0.29, 0.717) is 33.2 Å². The number of hydrogen-bond acceptors (Lipinski definition) is 6. The number of phenolic OH excluding ortho intramolecular Hbond substituents is 1. The van der Waals surface area contributed by atoms with Crippen molar-refractivity contribution < 1.29 is 19.1 Å². The topological polar surface area (TPSA) is 97.0 Å². The molecule has 0 unspecified atom stereocenters. The predicted molar refractivity (Wildman–Crippen MR) is 118 cm³/mol. The minimum absolute atomic E-state index is 0.0308. The molecule has 0 saturated heterocycles. The summed E-state index contributed by atoms with van der Waals surface area (Å²) in [4.78, 5) is 21.8. The van der Waals surface area contributed by atoms with Crippen LogP contribution in [-0.4, -0.2) is 23.1 Å². The van der Waals surface area contributed by atoms with Gasteiger partial charge in [0.05, 0.1) is 7.11 Å². The maximum Gasteiger partial charge on any atom is 0.262 e. The van der Waals surface area contributed by atoms with Gasteiger partial charge in [-0.25, -0.2) is 9.98 Å². The third-order valence-electron chi connectivity index (χ3n) is 4.49. The number of methoxy groups -OCH3 is 1. The van der Waals surface area contributed by atoms with Crippen molar-refractivity contribution in [2.24, 2.45) is 4.99 Å². The average molecular weight is 436 g/mol. The molecule has 0 aliphatic heterocycles. The molecule has 0 aliphatic carbocycles. The summed E-state index contributed by atoms with van der Waals surface area (Å²) < 4.78 is 11.2. The molecule has 7 nitrogen and oxygen atoms in total. The molecule has 0 spiro atoms. The Labute approximate surface area is 182 Å². The first-order chi connectivity index (χ1) is 14.9. The van der Waals surface area contributed by atoms with Crippen molar-refractivity contribution in [2.45, 2.75) is 6.92 Å². The Kier molecular flexibility index (Phi) is 5.60. The van der Waals surface area contributed by atoms with Crippen molar-refractivity contribution in [1.29, 1.82) is 0 Å². The normalized spacial score (nSPS) is 11.5. The van der Waals surface area contributed by atoms with Crippen LogP contribution >= 0.6 is 11.6 Å². The number of pyridine rings is 1. The van der Waals surface area contributed by atoms with Crippen molar-refractivity contribution in [3.8, 4) is 11.5 Å². The van der Waals surface area contributed by atoms with Gasteiger partial charge in [-0.15, -0.1) is 0 Å². The van der Waals surface area contributed by atoms with Crippen molar-refractivity contribution in [3.63, 3.8) is 0 Å². The van der Waals surface area contributed by atoms with Gasteiger partial charge in [-0.3, -0.25) is 4.79 Å². The van der Waals surface area contributed by atoms with Crippen LogP contribution in [0.5, 0.6) is 11.5 Å². The third kappa shape index (κ3) is 4.51. The average Bonchev–Trinajstić information content (AvgIpc) is 2.75. The van der Waals surface area contributed by atoms with Crippen molar-refractivity contribution >= 4 is 40.0 Å². The number of rotatable bonds is 4. The molecule has 0 saturated carbocycles. The molecule has 0 bridgehead atoms. The molecule has 0 aliphatic rings. The highest BCUT2D eigenvalue weighted by Gasteiger charge is 2.15. The number of carbonyl (C=O) groups is 1. The second-order valence-electron chi connectivity index (χ2n) is 6.79. The molecule has 0 fully saturated rings. The monoisotopic (exact) mass is 435 g/mol. The zero-order valence-electron chi connectivity index (χ0n) is 16.7. The maximum absolute atomic E-state index is 13.1. The van der Waals surface area contributed by atoms with Gasteiger partial charge in [-0.05, 0) is 55.0 Å². The molecule has 31 heavy (non-hydrogen) atoms. The van der Waals surface area contributed by atoms with Crippen molar-refractivity contribution in [1.82, 2.24) is 4.98 Å². The minimum Gasteiger partial charge on any atom is -0.508 e. The fourth-order valence-corrected chi connectivity index (χ4v) is 3.10. The van der Waals surface area contributed by atoms with E-state index in [0.717, 1.165) is 5.56 Å². The van der Waals surface area contributed by atoms with Gasteiger partial charge in [-0.1, -0.05) is 17.7 Å². The number of ether oxygens (including phenoxy) is 1. The number of nitrogens with zero attached hydrogens (tertiary/aromatic N) is 2. The summed E-state index contributed by atoms with van der Waals surface area (Å²) in [6.45, 7) is 1.91. The maximum atomic E-state index is 13.1. The Balaban J connectivity index is 1.89. The molecule has 0 radical (unpaired) electrons. The van der Waals surface area contributed by atoms with Crippen LogP contribution in [0.4, 0.5) is 11.5 Å². The van der Waals surface area contributed by atoms with Gasteiger partial charge in [0.2, 0.25) is 5.55 Å². The van der Waals surface area contributed by atoms with Gasteiger partial charge in [0.25, 0.3) is 5.91 Å². The summed E-state index contributed by atoms with van der Waals surface area (Å²) in [5.41, 5.74) is 1.94. The zero-order valence-corrected chi connectivity index (χ0v) is 17.5. The van der Waals surface area contributed by atoms with Crippen molar-refractivity contribution in [2.75, 3.05) is 12.4 Å². The molecule has 2 heterocycles. The van der Waals surface area contributed by atoms with E-state index in [2.05, 4.69) is 15.3 Å². The third-order valence-corrected chi connectivity index (χ3v) is 4.73. The molecule has 0 atom stereocenters. The number of aromatic hydroxyl groups is 1. The number of fused-ring (bicyclic) bond motifs is 1. The molecule has 2 aromatic carbocycles. The molecular weight excluding hydrogens is 418 g/mol. The number of nitrogens with one attached hydrogen (secondary N) is 1. The summed E-state index contributed by atoms with van der Waals surface area (Å²) in [6.07, 6.45) is 1.66. The molecule has 2 N–H and O–H groups in total. The number of aryl methyl sites for hydroxylation is 1. The summed E-state index contributed by atoms with van der Waals surface area (Å²) in [7, 11) is 1.51. The van der Waals surface area contributed by atoms with E-state index in [4.69, 9.17) is 20.8 Å². The van der Waals surface area contributed by atoms with E-state index in [1.54, 1.807) is 42.6 Å². The van der Waals surface area contributed by atoms with E-state index < -0.39 is 5.91 Å². The minimum atomic E-state index is -0.449. The Morgan fingerprint density at radius 1 is 1.16 bits per heavy atom. The smallest absolute Gasteiger partial charge is 0.262 e. The fraction of sp³-hybridized carbons (Fsp3) is 0.0870. The Morgan fingerprint density at radius 2 is 2.00 bits per heavy atom. The summed E-state index contributed by atoms with van der Waals surface area (Å²) >= 11 is 6.11. The van der Waals surface area contributed by atoms with Gasteiger partial charge in [-0.2, -0.15) is 0 Å². The van der Waals surface area contributed by atoms with E-state index >= 15 is 0 Å². The number of phenols is 1. The summed E-state index contributed by atoms with van der Waals surface area (Å²) in [5, 5.41) is 13.6. The highest BCUT2D eigenvalue weighted by atomic mass is 35.5.